The number of likely N-dealkylation sites (N-methyl/N-ethyl adjacent to an activating group) is 1. The summed E-state index contributed by atoms with van der Waals surface area (Å²) in [5.74, 6) is 8.03. The van der Waals surface area contributed by atoms with Gasteiger partial charge in [0.2, 0.25) is 0 Å². The molecule has 31 heavy (non-hydrogen) atoms. The molecular weight excluding hydrogens is 404 g/mol. The zero-order valence-electron chi connectivity index (χ0n) is 18.7. The number of allylic oxidation sites excluding steroid dienone is 1. The van der Waals surface area contributed by atoms with Gasteiger partial charge in [-0.1, -0.05) is 37.0 Å². The Kier molecular flexibility index (Phi) is 8.11. The molecule has 4 nitrogen and oxygen atoms in total. The SMILES string of the molecule is CCN(CC=CC#CC(C)(C)C)Cc1cccc(OCc2cc(-c3cnco3)cs2)c1. The molecule has 0 aliphatic heterocycles. The van der Waals surface area contributed by atoms with Crippen LogP contribution in [0.3, 0.4) is 0 Å². The molecule has 0 aliphatic carbocycles. The monoisotopic (exact) mass is 434 g/mol. The average molecular weight is 435 g/mol. The number of hydrogen-bond acceptors (Lipinski definition) is 5. The standard InChI is InChI=1S/C26H30N2O2S/c1-5-28(13-8-6-7-12-26(2,3)4)17-21-10-9-11-23(14-21)29-18-24-15-22(19-31-24)25-16-27-20-30-25/h6,8-11,14-16,19-20H,5,13,17-18H2,1-4H3. The molecule has 0 radical (unpaired) electrons. The van der Waals surface area contributed by atoms with E-state index in [1.807, 2.05) is 12.1 Å². The van der Waals surface area contributed by atoms with E-state index in [-0.39, 0.29) is 5.41 Å². The first-order chi connectivity index (χ1) is 14.9. The minimum absolute atomic E-state index is 0.0376. The highest BCUT2D eigenvalue weighted by molar-refractivity contribution is 7.10. The highest BCUT2D eigenvalue weighted by atomic mass is 32.1. The van der Waals surface area contributed by atoms with Crippen LogP contribution in [0.1, 0.15) is 38.1 Å². The lowest BCUT2D eigenvalue weighted by Crippen LogP contribution is -2.22. The summed E-state index contributed by atoms with van der Waals surface area (Å²) >= 11 is 1.66. The third-order valence-electron chi connectivity index (χ3n) is 4.52. The lowest BCUT2D eigenvalue weighted by Gasteiger charge is -2.18. The van der Waals surface area contributed by atoms with Crippen molar-refractivity contribution in [2.45, 2.75) is 40.8 Å². The summed E-state index contributed by atoms with van der Waals surface area (Å²) in [4.78, 5) is 7.49. The van der Waals surface area contributed by atoms with E-state index in [0.29, 0.717) is 6.61 Å². The maximum absolute atomic E-state index is 6.04. The molecule has 5 heteroatoms. The number of nitrogens with zero attached hydrogens (tertiary/aromatic N) is 2. The van der Waals surface area contributed by atoms with Gasteiger partial charge in [-0.15, -0.1) is 11.3 Å². The number of hydrogen-bond donors (Lipinski definition) is 0. The molecule has 162 valence electrons. The zero-order chi connectivity index (χ0) is 22.1. The topological polar surface area (TPSA) is 38.5 Å². The minimum atomic E-state index is 0.0376. The maximum Gasteiger partial charge on any atom is 0.181 e. The van der Waals surface area contributed by atoms with E-state index in [1.165, 1.54) is 12.0 Å². The summed E-state index contributed by atoms with van der Waals surface area (Å²) in [6.45, 7) is 11.8. The Morgan fingerprint density at radius 1 is 1.26 bits per heavy atom. The van der Waals surface area contributed by atoms with Crippen LogP contribution in [0.2, 0.25) is 0 Å². The molecule has 3 aromatic rings. The van der Waals surface area contributed by atoms with Crippen LogP contribution in [-0.4, -0.2) is 23.0 Å². The van der Waals surface area contributed by atoms with Crippen molar-refractivity contribution in [3.8, 4) is 28.9 Å². The van der Waals surface area contributed by atoms with Crippen LogP contribution < -0.4 is 4.74 Å². The molecule has 2 heterocycles. The second kappa shape index (κ2) is 11.0. The highest BCUT2D eigenvalue weighted by Gasteiger charge is 2.07. The molecule has 0 spiro atoms. The number of aromatic nitrogens is 1. The third-order valence-corrected chi connectivity index (χ3v) is 5.43. The van der Waals surface area contributed by atoms with Crippen molar-refractivity contribution in [1.82, 2.24) is 9.88 Å². The molecule has 0 atom stereocenters. The molecule has 0 saturated heterocycles. The summed E-state index contributed by atoms with van der Waals surface area (Å²) in [5, 5.41) is 2.06. The van der Waals surface area contributed by atoms with Crippen LogP contribution in [0.4, 0.5) is 0 Å². The van der Waals surface area contributed by atoms with E-state index in [2.05, 4.69) is 85.1 Å². The van der Waals surface area contributed by atoms with Gasteiger partial charge in [-0.25, -0.2) is 4.98 Å². The molecule has 1 aromatic carbocycles. The Morgan fingerprint density at radius 2 is 2.13 bits per heavy atom. The van der Waals surface area contributed by atoms with Gasteiger partial charge in [-0.2, -0.15) is 0 Å². The van der Waals surface area contributed by atoms with E-state index in [1.54, 1.807) is 17.5 Å². The quantitative estimate of drug-likeness (QED) is 0.365. The van der Waals surface area contributed by atoms with Crippen LogP contribution in [0.15, 0.2) is 64.9 Å². The summed E-state index contributed by atoms with van der Waals surface area (Å²) in [7, 11) is 0. The van der Waals surface area contributed by atoms with Gasteiger partial charge in [0, 0.05) is 34.3 Å². The summed E-state index contributed by atoms with van der Waals surface area (Å²) in [5.41, 5.74) is 2.31. The van der Waals surface area contributed by atoms with Gasteiger partial charge >= 0.3 is 0 Å². The molecule has 0 fully saturated rings. The minimum Gasteiger partial charge on any atom is -0.488 e. The second-order valence-electron chi connectivity index (χ2n) is 8.35. The summed E-state index contributed by atoms with van der Waals surface area (Å²) in [6.07, 6.45) is 7.26. The van der Waals surface area contributed by atoms with Crippen molar-refractivity contribution in [2.75, 3.05) is 13.1 Å². The van der Waals surface area contributed by atoms with Gasteiger partial charge in [-0.3, -0.25) is 4.90 Å². The molecule has 0 N–H and O–H groups in total. The Balaban J connectivity index is 1.53. The van der Waals surface area contributed by atoms with Crippen LogP contribution in [-0.2, 0) is 13.2 Å². The third kappa shape index (κ3) is 7.75. The number of oxazole rings is 1. The molecule has 2 aromatic heterocycles. The van der Waals surface area contributed by atoms with E-state index in [0.717, 1.165) is 41.6 Å². The lowest BCUT2D eigenvalue weighted by atomic mass is 9.98. The van der Waals surface area contributed by atoms with Gasteiger partial charge in [-0.05, 0) is 57.2 Å². The smallest absolute Gasteiger partial charge is 0.181 e. The summed E-state index contributed by atoms with van der Waals surface area (Å²) < 4.78 is 11.4. The first-order valence-corrected chi connectivity index (χ1v) is 11.4. The van der Waals surface area contributed by atoms with Gasteiger partial charge in [0.15, 0.2) is 12.2 Å². The highest BCUT2D eigenvalue weighted by Crippen LogP contribution is 2.26. The first-order valence-electron chi connectivity index (χ1n) is 10.5. The number of benzene rings is 1. The van der Waals surface area contributed by atoms with E-state index < -0.39 is 0 Å². The van der Waals surface area contributed by atoms with E-state index >= 15 is 0 Å². The molecular formula is C26H30N2O2S. The van der Waals surface area contributed by atoms with Gasteiger partial charge in [0.1, 0.15) is 12.4 Å². The molecule has 0 amide bonds. The Labute approximate surface area is 189 Å². The van der Waals surface area contributed by atoms with Gasteiger partial charge < -0.3 is 9.15 Å². The summed E-state index contributed by atoms with van der Waals surface area (Å²) in [6, 6.07) is 10.4. The predicted octanol–water partition coefficient (Wildman–Crippen LogP) is 6.41. The number of thiophene rings is 1. The lowest BCUT2D eigenvalue weighted by molar-refractivity contribution is 0.301. The van der Waals surface area contributed by atoms with Crippen molar-refractivity contribution in [2.24, 2.45) is 5.41 Å². The zero-order valence-corrected chi connectivity index (χ0v) is 19.5. The van der Waals surface area contributed by atoms with Crippen molar-refractivity contribution in [3.05, 3.63) is 70.9 Å². The van der Waals surface area contributed by atoms with Crippen LogP contribution >= 0.6 is 11.3 Å². The molecule has 3 rings (SSSR count). The molecule has 0 saturated carbocycles. The number of rotatable bonds is 9. The fourth-order valence-electron chi connectivity index (χ4n) is 2.91. The Bertz CT molecular complexity index is 1030. The average Bonchev–Trinajstić information content (AvgIpc) is 3.42. The first kappa shape index (κ1) is 22.9. The van der Waals surface area contributed by atoms with Crippen LogP contribution in [0, 0.1) is 17.3 Å². The largest absolute Gasteiger partial charge is 0.488 e. The predicted molar refractivity (Wildman–Crippen MR) is 128 cm³/mol. The molecule has 0 bridgehead atoms. The second-order valence-corrected chi connectivity index (χ2v) is 9.35. The fourth-order valence-corrected chi connectivity index (χ4v) is 3.70. The van der Waals surface area contributed by atoms with Crippen LogP contribution in [0.25, 0.3) is 11.3 Å². The Morgan fingerprint density at radius 3 is 2.87 bits per heavy atom. The van der Waals surface area contributed by atoms with E-state index in [9.17, 15) is 0 Å². The normalized spacial score (nSPS) is 11.6. The van der Waals surface area contributed by atoms with Crippen LogP contribution in [0.5, 0.6) is 5.75 Å². The van der Waals surface area contributed by atoms with Crippen molar-refractivity contribution in [1.29, 1.82) is 0 Å². The number of ether oxygens (including phenoxy) is 1. The van der Waals surface area contributed by atoms with Crippen molar-refractivity contribution < 1.29 is 9.15 Å². The maximum atomic E-state index is 6.04. The fraction of sp³-hybridized carbons (Fsp3) is 0.346. The van der Waals surface area contributed by atoms with E-state index in [4.69, 9.17) is 9.15 Å². The van der Waals surface area contributed by atoms with Crippen molar-refractivity contribution >= 4 is 11.3 Å². The van der Waals surface area contributed by atoms with Crippen molar-refractivity contribution in [3.63, 3.8) is 0 Å². The van der Waals surface area contributed by atoms with Gasteiger partial charge in [0.05, 0.1) is 6.20 Å². The van der Waals surface area contributed by atoms with Gasteiger partial charge in [0.25, 0.3) is 0 Å². The Hall–Kier alpha value is -2.81. The molecule has 0 unspecified atom stereocenters. The molecule has 0 aliphatic rings.